The molecular weight excluding hydrogens is 282 g/mol. The lowest BCUT2D eigenvalue weighted by molar-refractivity contribution is 0.122. The number of anilines is 1. The Balaban J connectivity index is 1.98. The summed E-state index contributed by atoms with van der Waals surface area (Å²) in [6.07, 6.45) is 5.96. The molecule has 2 heterocycles. The van der Waals surface area contributed by atoms with E-state index in [2.05, 4.69) is 16.9 Å². The topological polar surface area (TPSA) is 56.6 Å². The lowest BCUT2D eigenvalue weighted by atomic mass is 10.2. The van der Waals surface area contributed by atoms with Crippen LogP contribution in [0, 0.1) is 0 Å². The quantitative estimate of drug-likeness (QED) is 0.687. The van der Waals surface area contributed by atoms with E-state index in [1.807, 2.05) is 0 Å². The van der Waals surface area contributed by atoms with E-state index in [-0.39, 0.29) is 5.56 Å². The Morgan fingerprint density at radius 2 is 1.95 bits per heavy atom. The molecule has 0 amide bonds. The maximum atomic E-state index is 11.9. The van der Waals surface area contributed by atoms with E-state index in [0.29, 0.717) is 25.7 Å². The van der Waals surface area contributed by atoms with E-state index >= 15 is 0 Å². The Morgan fingerprint density at radius 1 is 1.23 bits per heavy atom. The van der Waals surface area contributed by atoms with Gasteiger partial charge in [0.15, 0.2) is 0 Å². The van der Waals surface area contributed by atoms with Crippen LogP contribution >= 0.6 is 0 Å². The molecule has 0 saturated carbocycles. The first-order valence-corrected chi connectivity index (χ1v) is 8.26. The molecule has 1 fully saturated rings. The Hall–Kier alpha value is -1.56. The molecule has 1 saturated heterocycles. The minimum Gasteiger partial charge on any atom is -0.475 e. The van der Waals surface area contributed by atoms with Crippen LogP contribution in [0.4, 0.5) is 5.69 Å². The van der Waals surface area contributed by atoms with Crippen LogP contribution < -0.4 is 15.2 Å². The van der Waals surface area contributed by atoms with E-state index in [1.54, 1.807) is 13.1 Å². The first kappa shape index (κ1) is 16.8. The second kappa shape index (κ2) is 8.78. The number of aryl methyl sites for hydroxylation is 1. The van der Waals surface area contributed by atoms with Crippen molar-refractivity contribution in [3.63, 3.8) is 0 Å². The zero-order chi connectivity index (χ0) is 15.8. The van der Waals surface area contributed by atoms with Crippen molar-refractivity contribution in [2.24, 2.45) is 7.05 Å². The van der Waals surface area contributed by atoms with E-state index in [4.69, 9.17) is 9.47 Å². The third kappa shape index (κ3) is 4.73. The van der Waals surface area contributed by atoms with Crippen LogP contribution in [0.1, 0.15) is 39.0 Å². The summed E-state index contributed by atoms with van der Waals surface area (Å²) in [5.74, 6) is 0.555. The van der Waals surface area contributed by atoms with Crippen molar-refractivity contribution >= 4 is 5.69 Å². The summed E-state index contributed by atoms with van der Waals surface area (Å²) in [7, 11) is 1.65. The van der Waals surface area contributed by atoms with Gasteiger partial charge in [-0.2, -0.15) is 0 Å². The lowest BCUT2D eigenvalue weighted by Crippen LogP contribution is -2.37. The van der Waals surface area contributed by atoms with Crippen LogP contribution in [0.25, 0.3) is 0 Å². The highest BCUT2D eigenvalue weighted by molar-refractivity contribution is 5.54. The van der Waals surface area contributed by atoms with Crippen LogP contribution in [0.3, 0.4) is 0 Å². The van der Waals surface area contributed by atoms with Crippen molar-refractivity contribution in [2.75, 3.05) is 37.8 Å². The fraction of sp³-hybridized carbons (Fsp3) is 0.750. The molecule has 6 nitrogen and oxygen atoms in total. The van der Waals surface area contributed by atoms with Gasteiger partial charge in [0.2, 0.25) is 0 Å². The van der Waals surface area contributed by atoms with Gasteiger partial charge in [0.1, 0.15) is 5.69 Å². The highest BCUT2D eigenvalue weighted by atomic mass is 16.5. The van der Waals surface area contributed by atoms with Crippen molar-refractivity contribution in [2.45, 2.75) is 39.0 Å². The molecule has 6 heteroatoms. The lowest BCUT2D eigenvalue weighted by Gasteiger charge is -2.29. The van der Waals surface area contributed by atoms with Crippen LogP contribution in [-0.4, -0.2) is 42.7 Å². The average molecular weight is 309 g/mol. The minimum atomic E-state index is -0.114. The third-order valence-corrected chi connectivity index (χ3v) is 3.88. The smallest absolute Gasteiger partial charge is 0.268 e. The van der Waals surface area contributed by atoms with Gasteiger partial charge < -0.3 is 14.4 Å². The molecular formula is C16H27N3O3. The zero-order valence-corrected chi connectivity index (χ0v) is 13.7. The molecule has 1 aliphatic rings. The number of ether oxygens (including phenoxy) is 2. The number of hydrogen-bond donors (Lipinski definition) is 0. The third-order valence-electron chi connectivity index (χ3n) is 3.88. The number of hydrogen-bond acceptors (Lipinski definition) is 5. The molecule has 0 bridgehead atoms. The molecule has 0 unspecified atom stereocenters. The van der Waals surface area contributed by atoms with E-state index in [1.165, 1.54) is 30.4 Å². The summed E-state index contributed by atoms with van der Waals surface area (Å²) in [6, 6.07) is 1.62. The van der Waals surface area contributed by atoms with Crippen molar-refractivity contribution < 1.29 is 9.47 Å². The van der Waals surface area contributed by atoms with Crippen LogP contribution in [0.2, 0.25) is 0 Å². The molecule has 0 aliphatic carbocycles. The second-order valence-electron chi connectivity index (χ2n) is 5.66. The van der Waals surface area contributed by atoms with Gasteiger partial charge in [0.25, 0.3) is 11.4 Å². The molecule has 0 atom stereocenters. The van der Waals surface area contributed by atoms with Gasteiger partial charge in [-0.1, -0.05) is 32.6 Å². The van der Waals surface area contributed by atoms with Gasteiger partial charge in [-0.15, -0.1) is 5.10 Å². The van der Waals surface area contributed by atoms with Crippen LogP contribution in [0.15, 0.2) is 10.9 Å². The van der Waals surface area contributed by atoms with Gasteiger partial charge in [0.05, 0.1) is 19.8 Å². The van der Waals surface area contributed by atoms with Gasteiger partial charge in [-0.3, -0.25) is 4.79 Å². The highest BCUT2D eigenvalue weighted by Crippen LogP contribution is 2.24. The van der Waals surface area contributed by atoms with Crippen LogP contribution in [0.5, 0.6) is 5.88 Å². The van der Waals surface area contributed by atoms with E-state index < -0.39 is 0 Å². The fourth-order valence-electron chi connectivity index (χ4n) is 2.52. The Morgan fingerprint density at radius 3 is 2.68 bits per heavy atom. The van der Waals surface area contributed by atoms with Crippen molar-refractivity contribution in [1.29, 1.82) is 0 Å². The SMILES string of the molecule is CCCCCCCOc1nn(C)c(=O)cc1N1CCOCC1. The molecule has 2 rings (SSSR count). The maximum absolute atomic E-state index is 11.9. The molecule has 124 valence electrons. The first-order valence-electron chi connectivity index (χ1n) is 8.26. The van der Waals surface area contributed by atoms with E-state index in [0.717, 1.165) is 25.2 Å². The molecule has 0 aromatic carbocycles. The van der Waals surface area contributed by atoms with E-state index in [9.17, 15) is 4.79 Å². The average Bonchev–Trinajstić information content (AvgIpc) is 2.54. The van der Waals surface area contributed by atoms with Crippen molar-refractivity contribution in [3.05, 3.63) is 16.4 Å². The Bertz CT molecular complexity index is 510. The second-order valence-corrected chi connectivity index (χ2v) is 5.66. The standard InChI is InChI=1S/C16H27N3O3/c1-3-4-5-6-7-10-22-16-14(13-15(20)18(2)17-16)19-8-11-21-12-9-19/h13H,3-12H2,1-2H3. The van der Waals surface area contributed by atoms with Crippen LogP contribution in [-0.2, 0) is 11.8 Å². The van der Waals surface area contributed by atoms with Crippen molar-refractivity contribution in [1.82, 2.24) is 9.78 Å². The molecule has 22 heavy (non-hydrogen) atoms. The molecule has 0 radical (unpaired) electrons. The van der Waals surface area contributed by atoms with Gasteiger partial charge >= 0.3 is 0 Å². The fourth-order valence-corrected chi connectivity index (χ4v) is 2.52. The summed E-state index contributed by atoms with van der Waals surface area (Å²) in [6.45, 7) is 5.73. The Labute approximate surface area is 132 Å². The predicted octanol–water partition coefficient (Wildman–Crippen LogP) is 1.97. The summed E-state index contributed by atoms with van der Waals surface area (Å²) in [5, 5.41) is 4.28. The summed E-state index contributed by atoms with van der Waals surface area (Å²) in [4.78, 5) is 14.0. The highest BCUT2D eigenvalue weighted by Gasteiger charge is 2.18. The first-order chi connectivity index (χ1) is 10.7. The summed E-state index contributed by atoms with van der Waals surface area (Å²) in [5.41, 5.74) is 0.678. The van der Waals surface area contributed by atoms with Gasteiger partial charge in [-0.05, 0) is 6.42 Å². The number of rotatable bonds is 8. The summed E-state index contributed by atoms with van der Waals surface area (Å²) >= 11 is 0. The number of morpholine rings is 1. The van der Waals surface area contributed by atoms with Crippen molar-refractivity contribution in [3.8, 4) is 5.88 Å². The normalized spacial score (nSPS) is 15.1. The molecule has 1 aromatic rings. The predicted molar refractivity (Wildman–Crippen MR) is 86.8 cm³/mol. The molecule has 1 aromatic heterocycles. The molecule has 0 spiro atoms. The number of nitrogens with zero attached hydrogens (tertiary/aromatic N) is 3. The zero-order valence-electron chi connectivity index (χ0n) is 13.7. The molecule has 0 N–H and O–H groups in total. The largest absolute Gasteiger partial charge is 0.475 e. The summed E-state index contributed by atoms with van der Waals surface area (Å²) < 4.78 is 12.5. The number of aromatic nitrogens is 2. The maximum Gasteiger partial charge on any atom is 0.268 e. The van der Waals surface area contributed by atoms with Gasteiger partial charge in [-0.25, -0.2) is 4.68 Å². The number of unbranched alkanes of at least 4 members (excludes halogenated alkanes) is 4. The monoisotopic (exact) mass is 309 g/mol. The van der Waals surface area contributed by atoms with Gasteiger partial charge in [0, 0.05) is 26.2 Å². The molecule has 1 aliphatic heterocycles. The minimum absolute atomic E-state index is 0.114. The Kier molecular flexibility index (Phi) is 6.71.